The van der Waals surface area contributed by atoms with Gasteiger partial charge in [0.1, 0.15) is 0 Å². The van der Waals surface area contributed by atoms with E-state index in [4.69, 9.17) is 0 Å². The largest absolute Gasteiger partial charge is 0.378 e. The van der Waals surface area contributed by atoms with Gasteiger partial charge in [-0.15, -0.1) is 11.3 Å². The Labute approximate surface area is 121 Å². The molecule has 0 saturated heterocycles. The highest BCUT2D eigenvalue weighted by Crippen LogP contribution is 2.31. The van der Waals surface area contributed by atoms with Gasteiger partial charge in [0.25, 0.3) is 0 Å². The number of thiophene rings is 1. The van der Waals surface area contributed by atoms with Crippen molar-refractivity contribution in [2.75, 3.05) is 5.32 Å². The van der Waals surface area contributed by atoms with Crippen LogP contribution in [0.25, 0.3) is 0 Å². The SMILES string of the molecule is CC(C)c1ccc(NC(C)c2sccc2Br)cc1. The van der Waals surface area contributed by atoms with E-state index in [1.165, 1.54) is 20.6 Å². The van der Waals surface area contributed by atoms with E-state index in [0.29, 0.717) is 12.0 Å². The van der Waals surface area contributed by atoms with Gasteiger partial charge >= 0.3 is 0 Å². The lowest BCUT2D eigenvalue weighted by Crippen LogP contribution is -2.05. The summed E-state index contributed by atoms with van der Waals surface area (Å²) in [6.07, 6.45) is 0. The Kier molecular flexibility index (Phi) is 4.46. The average molecular weight is 324 g/mol. The second kappa shape index (κ2) is 5.89. The second-order valence-electron chi connectivity index (χ2n) is 4.78. The van der Waals surface area contributed by atoms with Crippen LogP contribution in [0.5, 0.6) is 0 Å². The fourth-order valence-corrected chi connectivity index (χ4v) is 3.62. The van der Waals surface area contributed by atoms with E-state index in [-0.39, 0.29) is 0 Å². The summed E-state index contributed by atoms with van der Waals surface area (Å²) in [7, 11) is 0. The van der Waals surface area contributed by atoms with Gasteiger partial charge < -0.3 is 5.32 Å². The molecule has 18 heavy (non-hydrogen) atoms. The zero-order valence-electron chi connectivity index (χ0n) is 10.9. The van der Waals surface area contributed by atoms with Crippen LogP contribution in [0.4, 0.5) is 5.69 Å². The van der Waals surface area contributed by atoms with Crippen LogP contribution in [0.3, 0.4) is 0 Å². The van der Waals surface area contributed by atoms with E-state index in [0.717, 1.165) is 0 Å². The molecule has 0 aliphatic carbocycles. The Bertz CT molecular complexity index is 501. The second-order valence-corrected chi connectivity index (χ2v) is 6.58. The Morgan fingerprint density at radius 2 is 1.72 bits per heavy atom. The molecule has 2 rings (SSSR count). The lowest BCUT2D eigenvalue weighted by Gasteiger charge is -2.15. The molecule has 1 N–H and O–H groups in total. The number of nitrogens with one attached hydrogen (secondary N) is 1. The van der Waals surface area contributed by atoms with Crippen LogP contribution in [-0.4, -0.2) is 0 Å². The van der Waals surface area contributed by atoms with Crippen molar-refractivity contribution in [1.82, 2.24) is 0 Å². The van der Waals surface area contributed by atoms with Crippen LogP contribution in [0.1, 0.15) is 43.2 Å². The van der Waals surface area contributed by atoms with Crippen molar-refractivity contribution < 1.29 is 0 Å². The Morgan fingerprint density at radius 1 is 1.06 bits per heavy atom. The molecule has 0 aliphatic rings. The van der Waals surface area contributed by atoms with Gasteiger partial charge in [-0.1, -0.05) is 26.0 Å². The highest BCUT2D eigenvalue weighted by molar-refractivity contribution is 9.10. The number of anilines is 1. The first-order valence-electron chi connectivity index (χ1n) is 6.17. The van der Waals surface area contributed by atoms with Gasteiger partial charge in [-0.3, -0.25) is 0 Å². The number of halogens is 1. The first-order valence-corrected chi connectivity index (χ1v) is 7.84. The van der Waals surface area contributed by atoms with Gasteiger partial charge in [0, 0.05) is 15.0 Å². The molecular weight excluding hydrogens is 306 g/mol. The van der Waals surface area contributed by atoms with Crippen LogP contribution in [0.2, 0.25) is 0 Å². The molecule has 1 unspecified atom stereocenters. The number of hydrogen-bond donors (Lipinski definition) is 1. The van der Waals surface area contributed by atoms with Crippen molar-refractivity contribution in [1.29, 1.82) is 0 Å². The van der Waals surface area contributed by atoms with Crippen LogP contribution < -0.4 is 5.32 Å². The van der Waals surface area contributed by atoms with E-state index in [1.807, 2.05) is 0 Å². The van der Waals surface area contributed by atoms with Gasteiger partial charge in [0.15, 0.2) is 0 Å². The maximum Gasteiger partial charge on any atom is 0.0589 e. The summed E-state index contributed by atoms with van der Waals surface area (Å²) in [5.74, 6) is 0.586. The first kappa shape index (κ1) is 13.6. The average Bonchev–Trinajstić information content (AvgIpc) is 2.76. The minimum Gasteiger partial charge on any atom is -0.378 e. The van der Waals surface area contributed by atoms with Crippen molar-refractivity contribution in [2.24, 2.45) is 0 Å². The minimum absolute atomic E-state index is 0.323. The van der Waals surface area contributed by atoms with Gasteiger partial charge in [-0.2, -0.15) is 0 Å². The summed E-state index contributed by atoms with van der Waals surface area (Å²) < 4.78 is 1.19. The third-order valence-corrected chi connectivity index (χ3v) is 5.05. The summed E-state index contributed by atoms with van der Waals surface area (Å²) in [6.45, 7) is 6.62. The molecule has 1 atom stereocenters. The van der Waals surface area contributed by atoms with Crippen LogP contribution in [-0.2, 0) is 0 Å². The van der Waals surface area contributed by atoms with Crippen molar-refractivity contribution >= 4 is 33.0 Å². The predicted octanol–water partition coefficient (Wildman–Crippen LogP) is 5.81. The molecule has 0 bridgehead atoms. The Hall–Kier alpha value is -0.800. The van der Waals surface area contributed by atoms with Crippen molar-refractivity contribution in [3.8, 4) is 0 Å². The standard InChI is InChI=1S/C15H18BrNS/c1-10(2)12-4-6-13(7-5-12)17-11(3)15-14(16)8-9-18-15/h4-11,17H,1-3H3. The van der Waals surface area contributed by atoms with E-state index >= 15 is 0 Å². The number of rotatable bonds is 4. The quantitative estimate of drug-likeness (QED) is 0.748. The van der Waals surface area contributed by atoms with E-state index < -0.39 is 0 Å². The van der Waals surface area contributed by atoms with E-state index in [9.17, 15) is 0 Å². The van der Waals surface area contributed by atoms with Gasteiger partial charge in [0.05, 0.1) is 6.04 Å². The first-order chi connectivity index (χ1) is 8.58. The molecule has 1 aromatic carbocycles. The van der Waals surface area contributed by atoms with Crippen molar-refractivity contribution in [3.05, 3.63) is 50.6 Å². The molecule has 0 spiro atoms. The summed E-state index contributed by atoms with van der Waals surface area (Å²) in [6, 6.07) is 11.1. The van der Waals surface area contributed by atoms with Crippen molar-refractivity contribution in [3.63, 3.8) is 0 Å². The number of hydrogen-bond acceptors (Lipinski definition) is 2. The molecule has 0 fully saturated rings. The highest BCUT2D eigenvalue weighted by Gasteiger charge is 2.10. The zero-order chi connectivity index (χ0) is 13.1. The fraction of sp³-hybridized carbons (Fsp3) is 0.333. The van der Waals surface area contributed by atoms with Crippen LogP contribution in [0.15, 0.2) is 40.2 Å². The lowest BCUT2D eigenvalue weighted by atomic mass is 10.0. The molecular formula is C15H18BrNS. The summed E-state index contributed by atoms with van der Waals surface area (Å²) in [4.78, 5) is 1.34. The topological polar surface area (TPSA) is 12.0 Å². The fourth-order valence-electron chi connectivity index (χ4n) is 1.89. The van der Waals surface area contributed by atoms with Crippen LogP contribution in [0, 0.1) is 0 Å². The minimum atomic E-state index is 0.323. The summed E-state index contributed by atoms with van der Waals surface area (Å²) in [5, 5.41) is 5.64. The summed E-state index contributed by atoms with van der Waals surface area (Å²) >= 11 is 5.36. The van der Waals surface area contributed by atoms with Crippen LogP contribution >= 0.6 is 27.3 Å². The molecule has 0 saturated carbocycles. The normalized spacial score (nSPS) is 12.7. The lowest BCUT2D eigenvalue weighted by molar-refractivity contribution is 0.864. The zero-order valence-corrected chi connectivity index (χ0v) is 13.3. The van der Waals surface area contributed by atoms with Gasteiger partial charge in [-0.05, 0) is 57.9 Å². The third-order valence-electron chi connectivity index (χ3n) is 3.00. The Balaban J connectivity index is 2.08. The predicted molar refractivity (Wildman–Crippen MR) is 84.6 cm³/mol. The highest BCUT2D eigenvalue weighted by atomic mass is 79.9. The van der Waals surface area contributed by atoms with Crippen molar-refractivity contribution in [2.45, 2.75) is 32.7 Å². The molecule has 96 valence electrons. The monoisotopic (exact) mass is 323 g/mol. The van der Waals surface area contributed by atoms with E-state index in [2.05, 4.69) is 77.7 Å². The molecule has 1 aromatic heterocycles. The number of benzene rings is 1. The Morgan fingerprint density at radius 3 is 2.22 bits per heavy atom. The smallest absolute Gasteiger partial charge is 0.0589 e. The summed E-state index contributed by atoms with van der Waals surface area (Å²) in [5.41, 5.74) is 2.55. The molecule has 1 heterocycles. The molecule has 0 aliphatic heterocycles. The molecule has 2 aromatic rings. The molecule has 3 heteroatoms. The van der Waals surface area contributed by atoms with Gasteiger partial charge in [0.2, 0.25) is 0 Å². The van der Waals surface area contributed by atoms with E-state index in [1.54, 1.807) is 11.3 Å². The van der Waals surface area contributed by atoms with Gasteiger partial charge in [-0.25, -0.2) is 0 Å². The molecule has 0 amide bonds. The maximum absolute atomic E-state index is 3.58. The maximum atomic E-state index is 3.58. The molecule has 0 radical (unpaired) electrons. The third kappa shape index (κ3) is 3.15. The molecule has 1 nitrogen and oxygen atoms in total.